The third-order valence-corrected chi connectivity index (χ3v) is 5.42. The Kier molecular flexibility index (Phi) is 4.92. The number of allylic oxidation sites excluding steroid dienone is 2. The number of hydrogen-bond acceptors (Lipinski definition) is 5. The quantitative estimate of drug-likeness (QED) is 0.805. The second-order valence-corrected chi connectivity index (χ2v) is 7.13. The lowest BCUT2D eigenvalue weighted by Crippen LogP contribution is -2.32. The molecule has 2 aliphatic rings. The molecule has 4 rings (SSSR count). The second-order valence-electron chi connectivity index (χ2n) is 7.13. The van der Waals surface area contributed by atoms with Gasteiger partial charge in [0.2, 0.25) is 5.88 Å². The van der Waals surface area contributed by atoms with Crippen molar-refractivity contribution in [2.75, 3.05) is 7.11 Å². The molecule has 2 N–H and O–H groups in total. The van der Waals surface area contributed by atoms with E-state index in [1.165, 1.54) is 19.2 Å². The fourth-order valence-electron chi connectivity index (χ4n) is 4.07. The normalized spacial score (nSPS) is 21.5. The van der Waals surface area contributed by atoms with Crippen LogP contribution in [-0.4, -0.2) is 18.9 Å². The zero-order valence-electron chi connectivity index (χ0n) is 15.9. The Balaban J connectivity index is 1.81. The number of Topliss-reactive ketones (excluding diaryl/α,β-unsaturated/α-hetero) is 1. The summed E-state index contributed by atoms with van der Waals surface area (Å²) in [5.74, 6) is -1.64. The number of rotatable bonds is 3. The van der Waals surface area contributed by atoms with Crippen LogP contribution in [0.5, 0.6) is 0 Å². The van der Waals surface area contributed by atoms with E-state index in [-0.39, 0.29) is 29.6 Å². The van der Waals surface area contributed by atoms with Crippen LogP contribution in [0.3, 0.4) is 0 Å². The Hall–Kier alpha value is -3.41. The third kappa shape index (κ3) is 3.42. The maximum atomic E-state index is 13.5. The van der Waals surface area contributed by atoms with Gasteiger partial charge in [-0.1, -0.05) is 42.5 Å². The van der Waals surface area contributed by atoms with Gasteiger partial charge in [0.05, 0.1) is 13.0 Å². The van der Waals surface area contributed by atoms with E-state index in [1.807, 2.05) is 30.3 Å². The first-order valence-corrected chi connectivity index (χ1v) is 9.32. The van der Waals surface area contributed by atoms with E-state index in [9.17, 15) is 14.0 Å². The number of halogens is 1. The van der Waals surface area contributed by atoms with E-state index < -0.39 is 17.7 Å². The minimum absolute atomic E-state index is 0.0382. The minimum atomic E-state index is -0.754. The Morgan fingerprint density at radius 2 is 1.76 bits per heavy atom. The number of ether oxygens (including phenoxy) is 2. The van der Waals surface area contributed by atoms with E-state index in [0.29, 0.717) is 23.3 Å². The summed E-state index contributed by atoms with van der Waals surface area (Å²) in [5.41, 5.74) is 8.15. The summed E-state index contributed by atoms with van der Waals surface area (Å²) in [6.07, 6.45) is 0.774. The van der Waals surface area contributed by atoms with Crippen molar-refractivity contribution in [1.29, 1.82) is 0 Å². The van der Waals surface area contributed by atoms with Gasteiger partial charge in [-0.2, -0.15) is 0 Å². The van der Waals surface area contributed by atoms with E-state index >= 15 is 0 Å². The Morgan fingerprint density at radius 1 is 1.07 bits per heavy atom. The van der Waals surface area contributed by atoms with Crippen LogP contribution in [0, 0.1) is 5.82 Å². The molecule has 0 saturated carbocycles. The highest BCUT2D eigenvalue weighted by atomic mass is 19.1. The molecule has 0 fully saturated rings. The summed E-state index contributed by atoms with van der Waals surface area (Å²) >= 11 is 0. The van der Waals surface area contributed by atoms with Gasteiger partial charge in [-0.25, -0.2) is 9.18 Å². The highest BCUT2D eigenvalue weighted by Crippen LogP contribution is 2.47. The van der Waals surface area contributed by atoms with Crippen LogP contribution in [0.25, 0.3) is 0 Å². The molecule has 5 nitrogen and oxygen atoms in total. The molecule has 0 unspecified atom stereocenters. The Morgan fingerprint density at radius 3 is 2.41 bits per heavy atom. The number of methoxy groups -OCH3 is 1. The van der Waals surface area contributed by atoms with Gasteiger partial charge >= 0.3 is 5.97 Å². The number of nitrogens with two attached hydrogens (primary N) is 1. The van der Waals surface area contributed by atoms with Crippen molar-refractivity contribution < 1.29 is 23.5 Å². The number of esters is 1. The maximum Gasteiger partial charge on any atom is 0.340 e. The zero-order valence-corrected chi connectivity index (χ0v) is 15.9. The van der Waals surface area contributed by atoms with E-state index in [4.69, 9.17) is 15.2 Å². The number of carbonyl (C=O) groups is 2. The summed E-state index contributed by atoms with van der Waals surface area (Å²) in [7, 11) is 1.24. The standard InChI is InChI=1S/C23H20FNO4/c1-28-23(27)21-19(14-7-9-16(24)10-8-14)20-17(26)11-15(12-18(20)29-22(21)25)13-5-3-2-4-6-13/h2-10,15,19H,11-12,25H2,1H3/t15-,19-/m1/s1. The van der Waals surface area contributed by atoms with E-state index in [0.717, 1.165) is 5.56 Å². The monoisotopic (exact) mass is 393 g/mol. The van der Waals surface area contributed by atoms with Crippen molar-refractivity contribution >= 4 is 11.8 Å². The molecule has 1 aliphatic carbocycles. The average Bonchev–Trinajstić information content (AvgIpc) is 2.73. The topological polar surface area (TPSA) is 78.6 Å². The van der Waals surface area contributed by atoms with Crippen molar-refractivity contribution in [3.8, 4) is 0 Å². The molecule has 1 aliphatic heterocycles. The molecule has 0 amide bonds. The largest absolute Gasteiger partial charge is 0.465 e. The number of ketones is 1. The lowest BCUT2D eigenvalue weighted by Gasteiger charge is -2.35. The fourth-order valence-corrected chi connectivity index (χ4v) is 4.07. The van der Waals surface area contributed by atoms with Gasteiger partial charge in [0, 0.05) is 18.4 Å². The molecule has 2 aromatic carbocycles. The molecular weight excluding hydrogens is 373 g/mol. The highest BCUT2D eigenvalue weighted by Gasteiger charge is 2.43. The van der Waals surface area contributed by atoms with Gasteiger partial charge in [0.15, 0.2) is 5.78 Å². The van der Waals surface area contributed by atoms with Crippen LogP contribution in [0.4, 0.5) is 4.39 Å². The molecule has 0 radical (unpaired) electrons. The van der Waals surface area contributed by atoms with Crippen LogP contribution in [0.1, 0.15) is 35.8 Å². The molecule has 1 heterocycles. The van der Waals surface area contributed by atoms with Gasteiger partial charge in [0.1, 0.15) is 17.1 Å². The predicted molar refractivity (Wildman–Crippen MR) is 104 cm³/mol. The molecule has 0 saturated heterocycles. The van der Waals surface area contributed by atoms with E-state index in [1.54, 1.807) is 12.1 Å². The van der Waals surface area contributed by atoms with Crippen LogP contribution in [0.2, 0.25) is 0 Å². The maximum absolute atomic E-state index is 13.5. The molecule has 0 spiro atoms. The molecule has 2 atom stereocenters. The predicted octanol–water partition coefficient (Wildman–Crippen LogP) is 3.68. The summed E-state index contributed by atoms with van der Waals surface area (Å²) in [6, 6.07) is 15.4. The smallest absolute Gasteiger partial charge is 0.340 e. The average molecular weight is 393 g/mol. The first kappa shape index (κ1) is 18.9. The summed E-state index contributed by atoms with van der Waals surface area (Å²) < 4.78 is 24.1. The fraction of sp³-hybridized carbons (Fsp3) is 0.217. The van der Waals surface area contributed by atoms with Crippen LogP contribution in [-0.2, 0) is 19.1 Å². The van der Waals surface area contributed by atoms with E-state index in [2.05, 4.69) is 0 Å². The number of carbonyl (C=O) groups excluding carboxylic acids is 2. The van der Waals surface area contributed by atoms with Gasteiger partial charge in [-0.15, -0.1) is 0 Å². The zero-order chi connectivity index (χ0) is 20.5. The lowest BCUT2D eigenvalue weighted by molar-refractivity contribution is -0.136. The van der Waals surface area contributed by atoms with Gasteiger partial charge < -0.3 is 15.2 Å². The molecular formula is C23H20FNO4. The van der Waals surface area contributed by atoms with Crippen molar-refractivity contribution in [3.63, 3.8) is 0 Å². The molecule has 148 valence electrons. The molecule has 6 heteroatoms. The first-order valence-electron chi connectivity index (χ1n) is 9.32. The third-order valence-electron chi connectivity index (χ3n) is 5.42. The number of benzene rings is 2. The highest BCUT2D eigenvalue weighted by molar-refractivity contribution is 6.03. The summed E-state index contributed by atoms with van der Waals surface area (Å²) in [6.45, 7) is 0. The Bertz CT molecular complexity index is 1020. The van der Waals surface area contributed by atoms with Gasteiger partial charge in [0.25, 0.3) is 0 Å². The molecule has 0 aromatic heterocycles. The van der Waals surface area contributed by atoms with Crippen LogP contribution in [0.15, 0.2) is 77.4 Å². The molecule has 0 bridgehead atoms. The summed E-state index contributed by atoms with van der Waals surface area (Å²) in [4.78, 5) is 25.6. The second kappa shape index (κ2) is 7.54. The molecule has 29 heavy (non-hydrogen) atoms. The Labute approximate surface area is 167 Å². The van der Waals surface area contributed by atoms with Crippen molar-refractivity contribution in [1.82, 2.24) is 0 Å². The van der Waals surface area contributed by atoms with Gasteiger partial charge in [-0.3, -0.25) is 4.79 Å². The summed E-state index contributed by atoms with van der Waals surface area (Å²) in [5, 5.41) is 0. The first-order chi connectivity index (χ1) is 14.0. The van der Waals surface area contributed by atoms with Crippen molar-refractivity contribution in [2.24, 2.45) is 5.73 Å². The molecule has 2 aromatic rings. The van der Waals surface area contributed by atoms with Crippen LogP contribution < -0.4 is 5.73 Å². The van der Waals surface area contributed by atoms with Crippen LogP contribution >= 0.6 is 0 Å². The van der Waals surface area contributed by atoms with Crippen molar-refractivity contribution in [2.45, 2.75) is 24.7 Å². The lowest BCUT2D eigenvalue weighted by atomic mass is 9.73. The SMILES string of the molecule is COC(=O)C1=C(N)OC2=C(C(=O)C[C@@H](c3ccccc3)C2)[C@H]1c1ccc(F)cc1. The van der Waals surface area contributed by atoms with Gasteiger partial charge in [-0.05, 0) is 29.2 Å². The van der Waals surface area contributed by atoms with Crippen molar-refractivity contribution in [3.05, 3.63) is 94.3 Å². The minimum Gasteiger partial charge on any atom is -0.465 e. The number of hydrogen-bond donors (Lipinski definition) is 1.